The van der Waals surface area contributed by atoms with Crippen LogP contribution in [0.2, 0.25) is 0 Å². The van der Waals surface area contributed by atoms with Crippen molar-refractivity contribution in [2.45, 2.75) is 57.1 Å². The maximum Gasteiger partial charge on any atom is 0.251 e. The number of rotatable bonds is 3. The highest BCUT2D eigenvalue weighted by Crippen LogP contribution is 2.28. The fraction of sp³-hybridized carbons (Fsp3) is 0.733. The second-order valence-electron chi connectivity index (χ2n) is 6.20. The van der Waals surface area contributed by atoms with Crippen molar-refractivity contribution >= 4 is 5.91 Å². The molecule has 0 radical (unpaired) electrons. The summed E-state index contributed by atoms with van der Waals surface area (Å²) in [5.41, 5.74) is -1.12. The van der Waals surface area contributed by atoms with Crippen LogP contribution in [0.1, 0.15) is 44.3 Å². The lowest BCUT2D eigenvalue weighted by atomic mass is 9.84. The van der Waals surface area contributed by atoms with Gasteiger partial charge in [-0.3, -0.25) is 4.79 Å². The Kier molecular flexibility index (Phi) is 3.78. The van der Waals surface area contributed by atoms with E-state index in [-0.39, 0.29) is 5.91 Å². The number of fused-ring (bicyclic) bond motifs is 1. The summed E-state index contributed by atoms with van der Waals surface area (Å²) in [6.07, 6.45) is 10.1. The summed E-state index contributed by atoms with van der Waals surface area (Å²) in [6, 6.07) is 0. The standard InChI is InChI=1S/C15H23N3O2/c19-14(15(20)6-2-1-3-7-15)17-10-12-4-5-13-16-8-9-18(13)11-12/h8-9,12,20H,1-7,10-11H2,(H,17,19)/t12-/m1/s1. The van der Waals surface area contributed by atoms with E-state index >= 15 is 0 Å². The van der Waals surface area contributed by atoms with Gasteiger partial charge in [0.1, 0.15) is 11.4 Å². The molecule has 2 N–H and O–H groups in total. The minimum Gasteiger partial charge on any atom is -0.380 e. The van der Waals surface area contributed by atoms with Crippen LogP contribution in [0.3, 0.4) is 0 Å². The van der Waals surface area contributed by atoms with Crippen molar-refractivity contribution < 1.29 is 9.90 Å². The summed E-state index contributed by atoms with van der Waals surface area (Å²) in [4.78, 5) is 16.5. The molecular formula is C15H23N3O2. The number of aliphatic hydroxyl groups is 1. The third kappa shape index (κ3) is 2.73. The SMILES string of the molecule is O=C(NC[C@H]1CCc2nccn2C1)C1(O)CCCCC1. The molecule has 2 heterocycles. The molecule has 1 aliphatic heterocycles. The monoisotopic (exact) mass is 277 g/mol. The van der Waals surface area contributed by atoms with Gasteiger partial charge in [0.2, 0.25) is 0 Å². The molecule has 1 saturated carbocycles. The van der Waals surface area contributed by atoms with Crippen LogP contribution in [0, 0.1) is 5.92 Å². The molecule has 3 rings (SSSR count). The van der Waals surface area contributed by atoms with Crippen molar-refractivity contribution in [2.24, 2.45) is 5.92 Å². The number of nitrogens with zero attached hydrogens (tertiary/aromatic N) is 2. The molecule has 0 bridgehead atoms. The molecule has 110 valence electrons. The van der Waals surface area contributed by atoms with Crippen molar-refractivity contribution in [1.29, 1.82) is 0 Å². The fourth-order valence-electron chi connectivity index (χ4n) is 3.37. The summed E-state index contributed by atoms with van der Waals surface area (Å²) in [7, 11) is 0. The molecule has 1 fully saturated rings. The first-order valence-electron chi connectivity index (χ1n) is 7.68. The molecule has 5 heteroatoms. The van der Waals surface area contributed by atoms with Crippen LogP contribution in [0.25, 0.3) is 0 Å². The van der Waals surface area contributed by atoms with E-state index in [1.807, 2.05) is 12.4 Å². The highest BCUT2D eigenvalue weighted by Gasteiger charge is 2.37. The molecule has 0 spiro atoms. The van der Waals surface area contributed by atoms with Crippen LogP contribution in [-0.4, -0.2) is 32.7 Å². The fourth-order valence-corrected chi connectivity index (χ4v) is 3.37. The summed E-state index contributed by atoms with van der Waals surface area (Å²) < 4.78 is 2.16. The predicted octanol–water partition coefficient (Wildman–Crippen LogP) is 1.26. The molecule has 1 amide bonds. The Labute approximate surface area is 119 Å². The molecule has 0 unspecified atom stereocenters. The van der Waals surface area contributed by atoms with Crippen LogP contribution in [0.4, 0.5) is 0 Å². The summed E-state index contributed by atoms with van der Waals surface area (Å²) in [6.45, 7) is 1.56. The van der Waals surface area contributed by atoms with E-state index in [1.165, 1.54) is 0 Å². The van der Waals surface area contributed by atoms with Gasteiger partial charge in [-0.2, -0.15) is 0 Å². The highest BCUT2D eigenvalue weighted by atomic mass is 16.3. The van der Waals surface area contributed by atoms with E-state index in [2.05, 4.69) is 14.9 Å². The second-order valence-corrected chi connectivity index (χ2v) is 6.20. The molecule has 1 aromatic rings. The number of carbonyl (C=O) groups excluding carboxylic acids is 1. The van der Waals surface area contributed by atoms with Crippen LogP contribution >= 0.6 is 0 Å². The van der Waals surface area contributed by atoms with Crippen LogP contribution < -0.4 is 5.32 Å². The highest BCUT2D eigenvalue weighted by molar-refractivity contribution is 5.84. The number of carbonyl (C=O) groups is 1. The molecule has 1 aromatic heterocycles. The Morgan fingerprint density at radius 2 is 2.25 bits per heavy atom. The molecule has 0 saturated heterocycles. The minimum absolute atomic E-state index is 0.173. The van der Waals surface area contributed by atoms with Gasteiger partial charge in [-0.25, -0.2) is 4.98 Å². The summed E-state index contributed by atoms with van der Waals surface area (Å²) >= 11 is 0. The second kappa shape index (κ2) is 5.56. The van der Waals surface area contributed by atoms with Crippen molar-refractivity contribution in [3.8, 4) is 0 Å². The topological polar surface area (TPSA) is 67.2 Å². The number of hydrogen-bond donors (Lipinski definition) is 2. The maximum absolute atomic E-state index is 12.2. The average Bonchev–Trinajstić information content (AvgIpc) is 2.93. The molecular weight excluding hydrogens is 254 g/mol. The Hall–Kier alpha value is -1.36. The van der Waals surface area contributed by atoms with Crippen LogP contribution in [0.15, 0.2) is 12.4 Å². The van der Waals surface area contributed by atoms with E-state index in [9.17, 15) is 9.90 Å². The smallest absolute Gasteiger partial charge is 0.251 e. The zero-order valence-electron chi connectivity index (χ0n) is 11.8. The lowest BCUT2D eigenvalue weighted by Crippen LogP contribution is -2.49. The van der Waals surface area contributed by atoms with Gasteiger partial charge < -0.3 is 15.0 Å². The first-order valence-corrected chi connectivity index (χ1v) is 7.68. The number of nitrogens with one attached hydrogen (secondary N) is 1. The van der Waals surface area contributed by atoms with Crippen molar-refractivity contribution in [3.05, 3.63) is 18.2 Å². The van der Waals surface area contributed by atoms with E-state index in [0.29, 0.717) is 25.3 Å². The number of aryl methyl sites for hydroxylation is 1. The van der Waals surface area contributed by atoms with Gasteiger partial charge in [0.05, 0.1) is 0 Å². The zero-order valence-corrected chi connectivity index (χ0v) is 11.8. The van der Waals surface area contributed by atoms with E-state index in [0.717, 1.165) is 44.5 Å². The summed E-state index contributed by atoms with van der Waals surface area (Å²) in [5, 5.41) is 13.3. The van der Waals surface area contributed by atoms with Gasteiger partial charge in [0, 0.05) is 31.9 Å². The lowest BCUT2D eigenvalue weighted by molar-refractivity contribution is -0.143. The normalized spacial score (nSPS) is 24.9. The predicted molar refractivity (Wildman–Crippen MR) is 75.1 cm³/mol. The number of imidazole rings is 1. The lowest BCUT2D eigenvalue weighted by Gasteiger charge is -2.31. The quantitative estimate of drug-likeness (QED) is 0.874. The molecule has 20 heavy (non-hydrogen) atoms. The van der Waals surface area contributed by atoms with E-state index < -0.39 is 5.60 Å². The number of aromatic nitrogens is 2. The van der Waals surface area contributed by atoms with E-state index in [4.69, 9.17) is 0 Å². The van der Waals surface area contributed by atoms with Crippen LogP contribution in [0.5, 0.6) is 0 Å². The minimum atomic E-state index is -1.12. The molecule has 1 atom stereocenters. The van der Waals surface area contributed by atoms with Gasteiger partial charge in [-0.15, -0.1) is 0 Å². The van der Waals surface area contributed by atoms with Gasteiger partial charge in [-0.05, 0) is 25.2 Å². The van der Waals surface area contributed by atoms with Crippen molar-refractivity contribution in [2.75, 3.05) is 6.54 Å². The first-order chi connectivity index (χ1) is 9.67. The number of hydrogen-bond acceptors (Lipinski definition) is 3. The van der Waals surface area contributed by atoms with Crippen LogP contribution in [-0.2, 0) is 17.8 Å². The maximum atomic E-state index is 12.2. The van der Waals surface area contributed by atoms with Gasteiger partial charge in [-0.1, -0.05) is 19.3 Å². The van der Waals surface area contributed by atoms with Gasteiger partial charge >= 0.3 is 0 Å². The van der Waals surface area contributed by atoms with Gasteiger partial charge in [0.15, 0.2) is 0 Å². The Balaban J connectivity index is 1.51. The van der Waals surface area contributed by atoms with Crippen molar-refractivity contribution in [1.82, 2.24) is 14.9 Å². The molecule has 2 aliphatic rings. The third-order valence-electron chi connectivity index (χ3n) is 4.69. The largest absolute Gasteiger partial charge is 0.380 e. The van der Waals surface area contributed by atoms with Gasteiger partial charge in [0.25, 0.3) is 5.91 Å². The Morgan fingerprint density at radius 1 is 1.45 bits per heavy atom. The summed E-state index contributed by atoms with van der Waals surface area (Å²) in [5.74, 6) is 1.40. The molecule has 1 aliphatic carbocycles. The average molecular weight is 277 g/mol. The van der Waals surface area contributed by atoms with E-state index in [1.54, 1.807) is 0 Å². The molecule has 5 nitrogen and oxygen atoms in total. The first kappa shape index (κ1) is 13.6. The zero-order chi connectivity index (χ0) is 14.0. The van der Waals surface area contributed by atoms with Crippen molar-refractivity contribution in [3.63, 3.8) is 0 Å². The molecule has 0 aromatic carbocycles. The third-order valence-corrected chi connectivity index (χ3v) is 4.69. The number of amides is 1. The Bertz CT molecular complexity index is 477. The Morgan fingerprint density at radius 3 is 3.05 bits per heavy atom.